The van der Waals surface area contributed by atoms with E-state index in [-0.39, 0.29) is 0 Å². The Hall–Kier alpha value is -1.24. The number of carbonyl (C=O) groups is 2. The van der Waals surface area contributed by atoms with E-state index in [1.54, 1.807) is 13.8 Å². The number of primary amides is 1. The molecule has 7 heteroatoms. The molecule has 0 rings (SSSR count). The Labute approximate surface area is 86.2 Å². The summed E-state index contributed by atoms with van der Waals surface area (Å²) >= 11 is 1.13. The predicted octanol–water partition coefficient (Wildman–Crippen LogP) is 0.283. The summed E-state index contributed by atoms with van der Waals surface area (Å²) in [5.41, 5.74) is 5.03. The zero-order valence-electron chi connectivity index (χ0n) is 8.23. The molecule has 0 aromatic carbocycles. The molecule has 14 heavy (non-hydrogen) atoms. The van der Waals surface area contributed by atoms with E-state index in [1.807, 2.05) is 0 Å². The highest BCUT2D eigenvalue weighted by Crippen LogP contribution is 2.11. The molecule has 0 aliphatic rings. The number of rotatable bonds is 3. The summed E-state index contributed by atoms with van der Waals surface area (Å²) in [4.78, 5) is 25.6. The summed E-state index contributed by atoms with van der Waals surface area (Å²) in [5.74, 6) is -0.440. The number of nitrogens with two attached hydrogens (primary N) is 1. The third kappa shape index (κ3) is 5.41. The molecule has 0 fully saturated rings. The maximum Gasteiger partial charge on any atom is 0.433 e. The van der Waals surface area contributed by atoms with Crippen molar-refractivity contribution in [2.45, 2.75) is 19.1 Å². The number of hydrogen-bond acceptors (Lipinski definition) is 5. The van der Waals surface area contributed by atoms with Gasteiger partial charge in [-0.25, -0.2) is 4.79 Å². The van der Waals surface area contributed by atoms with Gasteiger partial charge in [0.05, 0.1) is 5.25 Å². The van der Waals surface area contributed by atoms with Gasteiger partial charge in [0, 0.05) is 7.05 Å². The molecule has 0 aromatic heterocycles. The number of amides is 2. The zero-order chi connectivity index (χ0) is 11.1. The van der Waals surface area contributed by atoms with E-state index in [9.17, 15) is 9.59 Å². The highest BCUT2D eigenvalue weighted by molar-refractivity contribution is 8.14. The Morgan fingerprint density at radius 2 is 2.14 bits per heavy atom. The average molecular weight is 219 g/mol. The Morgan fingerprint density at radius 3 is 2.57 bits per heavy atom. The Balaban J connectivity index is 4.00. The second kappa shape index (κ2) is 6.25. The zero-order valence-corrected chi connectivity index (χ0v) is 9.05. The molecule has 0 saturated carbocycles. The first-order valence-corrected chi connectivity index (χ1v) is 4.74. The molecular formula is C7H13N3O3S. The summed E-state index contributed by atoms with van der Waals surface area (Å²) in [6.07, 6.45) is -0.656. The Bertz CT molecular complexity index is 255. The van der Waals surface area contributed by atoms with E-state index in [0.29, 0.717) is 5.04 Å². The minimum Gasteiger partial charge on any atom is -0.369 e. The second-order valence-electron chi connectivity index (χ2n) is 2.40. The molecule has 0 heterocycles. The molecule has 0 aliphatic heterocycles. The minimum atomic E-state index is -0.656. The lowest BCUT2D eigenvalue weighted by atomic mass is 10.5. The lowest BCUT2D eigenvalue weighted by molar-refractivity contribution is -0.117. The first-order chi connectivity index (χ1) is 6.47. The molecular weight excluding hydrogens is 206 g/mol. The first-order valence-electron chi connectivity index (χ1n) is 3.86. The average Bonchev–Trinajstić information content (AvgIpc) is 2.13. The molecule has 0 saturated heterocycles. The van der Waals surface area contributed by atoms with E-state index in [4.69, 9.17) is 5.73 Å². The van der Waals surface area contributed by atoms with E-state index < -0.39 is 17.3 Å². The number of thioether (sulfide) groups is 1. The van der Waals surface area contributed by atoms with Gasteiger partial charge in [-0.2, -0.15) is 0 Å². The van der Waals surface area contributed by atoms with Crippen LogP contribution in [0.2, 0.25) is 0 Å². The van der Waals surface area contributed by atoms with Gasteiger partial charge in [0.1, 0.15) is 5.04 Å². The van der Waals surface area contributed by atoms with Crippen molar-refractivity contribution in [2.24, 2.45) is 10.9 Å². The maximum atomic E-state index is 10.7. The van der Waals surface area contributed by atoms with Gasteiger partial charge in [0.2, 0.25) is 5.91 Å². The number of hydrogen-bond donors (Lipinski definition) is 2. The van der Waals surface area contributed by atoms with Gasteiger partial charge >= 0.3 is 6.09 Å². The Morgan fingerprint density at radius 1 is 1.57 bits per heavy atom. The van der Waals surface area contributed by atoms with Crippen molar-refractivity contribution in [2.75, 3.05) is 7.05 Å². The number of carbonyl (C=O) groups excluding carboxylic acids is 2. The smallest absolute Gasteiger partial charge is 0.369 e. The highest BCUT2D eigenvalue weighted by atomic mass is 32.2. The third-order valence-corrected chi connectivity index (χ3v) is 2.21. The van der Waals surface area contributed by atoms with Gasteiger partial charge in [-0.3, -0.25) is 9.63 Å². The number of nitrogens with one attached hydrogen (secondary N) is 1. The standard InChI is InChI=1S/C7H13N3O3S/c1-4(6(8)11)14-5(2)10-13-7(12)9-3/h4H,1-3H3,(H2,8,11)(H,9,12)/b10-5+. The highest BCUT2D eigenvalue weighted by Gasteiger charge is 2.11. The van der Waals surface area contributed by atoms with Crippen LogP contribution in [0.5, 0.6) is 0 Å². The van der Waals surface area contributed by atoms with Crippen molar-refractivity contribution in [3.8, 4) is 0 Å². The van der Waals surface area contributed by atoms with Crippen molar-refractivity contribution in [3.63, 3.8) is 0 Å². The quantitative estimate of drug-likeness (QED) is 0.308. The fourth-order valence-corrected chi connectivity index (χ4v) is 1.19. The van der Waals surface area contributed by atoms with Crippen LogP contribution in [0.3, 0.4) is 0 Å². The first kappa shape index (κ1) is 12.8. The van der Waals surface area contributed by atoms with Crippen LogP contribution in [-0.4, -0.2) is 29.3 Å². The van der Waals surface area contributed by atoms with Gasteiger partial charge in [-0.1, -0.05) is 16.9 Å². The maximum absolute atomic E-state index is 10.7. The fourth-order valence-electron chi connectivity index (χ4n) is 0.487. The second-order valence-corrected chi connectivity index (χ2v) is 3.94. The SMILES string of the molecule is CNC(=O)O/N=C(\C)SC(C)C(N)=O. The molecule has 0 aliphatic carbocycles. The minimum absolute atomic E-state index is 0.396. The van der Waals surface area contributed by atoms with Crippen molar-refractivity contribution < 1.29 is 14.4 Å². The monoisotopic (exact) mass is 219 g/mol. The lowest BCUT2D eigenvalue weighted by Gasteiger charge is -2.04. The molecule has 1 atom stereocenters. The Kier molecular flexibility index (Phi) is 5.70. The normalized spacial score (nSPS) is 13.2. The van der Waals surface area contributed by atoms with Crippen LogP contribution in [-0.2, 0) is 9.63 Å². The van der Waals surface area contributed by atoms with Crippen LogP contribution in [0.15, 0.2) is 5.16 Å². The van der Waals surface area contributed by atoms with Crippen LogP contribution >= 0.6 is 11.8 Å². The van der Waals surface area contributed by atoms with Crippen LogP contribution < -0.4 is 11.1 Å². The summed E-state index contributed by atoms with van der Waals surface area (Å²) < 4.78 is 0. The van der Waals surface area contributed by atoms with E-state index in [1.165, 1.54) is 7.05 Å². The van der Waals surface area contributed by atoms with Gasteiger partial charge in [-0.05, 0) is 13.8 Å². The van der Waals surface area contributed by atoms with Crippen LogP contribution in [0.25, 0.3) is 0 Å². The molecule has 3 N–H and O–H groups in total. The molecule has 2 amide bonds. The van der Waals surface area contributed by atoms with Crippen molar-refractivity contribution >= 4 is 28.8 Å². The van der Waals surface area contributed by atoms with Gasteiger partial charge in [0.25, 0.3) is 0 Å². The van der Waals surface area contributed by atoms with Crippen molar-refractivity contribution in [1.82, 2.24) is 5.32 Å². The summed E-state index contributed by atoms with van der Waals surface area (Å²) in [6, 6.07) is 0. The van der Waals surface area contributed by atoms with E-state index >= 15 is 0 Å². The van der Waals surface area contributed by atoms with Crippen LogP contribution in [0.1, 0.15) is 13.8 Å². The lowest BCUT2D eigenvalue weighted by Crippen LogP contribution is -2.23. The van der Waals surface area contributed by atoms with E-state index in [0.717, 1.165) is 11.8 Å². The fraction of sp³-hybridized carbons (Fsp3) is 0.571. The molecule has 0 spiro atoms. The van der Waals surface area contributed by atoms with Gasteiger partial charge < -0.3 is 11.1 Å². The molecule has 0 bridgehead atoms. The molecule has 0 radical (unpaired) electrons. The van der Waals surface area contributed by atoms with Crippen molar-refractivity contribution in [1.29, 1.82) is 0 Å². The third-order valence-electron chi connectivity index (χ3n) is 1.21. The van der Waals surface area contributed by atoms with Crippen molar-refractivity contribution in [3.05, 3.63) is 0 Å². The number of oxime groups is 1. The van der Waals surface area contributed by atoms with Crippen LogP contribution in [0, 0.1) is 0 Å². The number of nitrogens with zero attached hydrogens (tertiary/aromatic N) is 1. The van der Waals surface area contributed by atoms with E-state index in [2.05, 4.69) is 15.3 Å². The van der Waals surface area contributed by atoms with Gasteiger partial charge in [-0.15, -0.1) is 0 Å². The van der Waals surface area contributed by atoms with Crippen LogP contribution in [0.4, 0.5) is 4.79 Å². The van der Waals surface area contributed by atoms with Gasteiger partial charge in [0.15, 0.2) is 0 Å². The summed E-state index contributed by atoms with van der Waals surface area (Å²) in [6.45, 7) is 3.26. The predicted molar refractivity (Wildman–Crippen MR) is 54.9 cm³/mol. The summed E-state index contributed by atoms with van der Waals surface area (Å²) in [7, 11) is 1.42. The molecule has 80 valence electrons. The molecule has 1 unspecified atom stereocenters. The summed E-state index contributed by atoms with van der Waals surface area (Å²) in [5, 5.41) is 5.77. The largest absolute Gasteiger partial charge is 0.433 e. The topological polar surface area (TPSA) is 93.8 Å². The molecule has 6 nitrogen and oxygen atoms in total. The molecule has 0 aromatic rings.